The Bertz CT molecular complexity index is 530. The first kappa shape index (κ1) is 16.5. The Labute approximate surface area is 121 Å². The molecule has 20 heavy (non-hydrogen) atoms. The van der Waals surface area contributed by atoms with Crippen LogP contribution in [-0.4, -0.2) is 20.9 Å². The van der Waals surface area contributed by atoms with E-state index in [1.807, 2.05) is 27.7 Å². The topological polar surface area (TPSA) is 63.1 Å². The minimum absolute atomic E-state index is 0.136. The maximum Gasteiger partial charge on any atom is 0.205 e. The van der Waals surface area contributed by atoms with Gasteiger partial charge in [0.15, 0.2) is 0 Å². The Hall–Kier alpha value is -1.55. The molecule has 0 radical (unpaired) electrons. The van der Waals surface area contributed by atoms with Gasteiger partial charge in [-0.1, -0.05) is 19.4 Å². The molecule has 1 aromatic rings. The van der Waals surface area contributed by atoms with E-state index in [2.05, 4.69) is 9.97 Å². The van der Waals surface area contributed by atoms with Gasteiger partial charge < -0.3 is 5.11 Å². The smallest absolute Gasteiger partial charge is 0.205 e. The van der Waals surface area contributed by atoms with Gasteiger partial charge in [-0.3, -0.25) is 9.78 Å². The van der Waals surface area contributed by atoms with E-state index in [1.165, 1.54) is 0 Å². The number of nitrogens with zero attached hydrogens (tertiary/aromatic N) is 2. The molecule has 1 unspecified atom stereocenters. The maximum atomic E-state index is 12.0. The summed E-state index contributed by atoms with van der Waals surface area (Å²) in [4.78, 5) is 20.8. The first-order valence-corrected chi connectivity index (χ1v) is 6.94. The number of carbonyl (C=O) groups is 1. The van der Waals surface area contributed by atoms with Crippen LogP contribution in [0.15, 0.2) is 11.6 Å². The van der Waals surface area contributed by atoms with E-state index in [4.69, 9.17) is 0 Å². The molecule has 0 aromatic carbocycles. The average Bonchev–Trinajstić information content (AvgIpc) is 2.29. The van der Waals surface area contributed by atoms with E-state index in [0.29, 0.717) is 35.1 Å². The van der Waals surface area contributed by atoms with Gasteiger partial charge in [0.2, 0.25) is 5.78 Å². The highest BCUT2D eigenvalue weighted by atomic mass is 16.3. The lowest BCUT2D eigenvalue weighted by Gasteiger charge is -2.16. The van der Waals surface area contributed by atoms with Crippen LogP contribution in [0.4, 0.5) is 0 Å². The fraction of sp³-hybridized carbons (Fsp3) is 0.562. The van der Waals surface area contributed by atoms with Crippen molar-refractivity contribution in [1.29, 1.82) is 0 Å². The minimum Gasteiger partial charge on any atom is -0.387 e. The number of hydrogen-bond donors (Lipinski definition) is 1. The predicted octanol–water partition coefficient (Wildman–Crippen LogP) is 3.32. The van der Waals surface area contributed by atoms with Crippen molar-refractivity contribution in [3.05, 3.63) is 34.4 Å². The van der Waals surface area contributed by atoms with Gasteiger partial charge in [0, 0.05) is 0 Å². The van der Waals surface area contributed by atoms with Crippen LogP contribution in [0.2, 0.25) is 0 Å². The molecule has 0 aliphatic carbocycles. The van der Waals surface area contributed by atoms with Crippen molar-refractivity contribution in [2.45, 2.75) is 54.1 Å². The first-order valence-electron chi connectivity index (χ1n) is 6.94. The van der Waals surface area contributed by atoms with Gasteiger partial charge in [-0.25, -0.2) is 4.98 Å². The highest BCUT2D eigenvalue weighted by Gasteiger charge is 2.19. The van der Waals surface area contributed by atoms with E-state index in [-0.39, 0.29) is 5.78 Å². The number of carbonyl (C=O) groups excluding carboxylic acids is 1. The number of allylic oxidation sites excluding steroid dienone is 2. The van der Waals surface area contributed by atoms with E-state index in [0.717, 1.165) is 5.57 Å². The van der Waals surface area contributed by atoms with Gasteiger partial charge in [0.05, 0.1) is 23.2 Å². The van der Waals surface area contributed by atoms with Crippen molar-refractivity contribution < 1.29 is 9.90 Å². The molecule has 0 bridgehead atoms. The molecular weight excluding hydrogens is 252 g/mol. The lowest BCUT2D eigenvalue weighted by Crippen LogP contribution is -2.13. The number of aliphatic hydroxyl groups is 1. The molecule has 0 amide bonds. The third kappa shape index (κ3) is 4.23. The average molecular weight is 276 g/mol. The van der Waals surface area contributed by atoms with Crippen LogP contribution in [0.1, 0.15) is 67.8 Å². The molecule has 4 nitrogen and oxygen atoms in total. The SMILES string of the molecule is CC(C)=CC(=O)c1nc(C)c(C(O)CC(C)C)nc1C. The van der Waals surface area contributed by atoms with Gasteiger partial charge in [-0.15, -0.1) is 0 Å². The molecule has 0 saturated heterocycles. The van der Waals surface area contributed by atoms with E-state index < -0.39 is 6.10 Å². The Balaban J connectivity index is 3.15. The monoisotopic (exact) mass is 276 g/mol. The Morgan fingerprint density at radius 1 is 1.20 bits per heavy atom. The van der Waals surface area contributed by atoms with Crippen LogP contribution < -0.4 is 0 Å². The van der Waals surface area contributed by atoms with Crippen molar-refractivity contribution >= 4 is 5.78 Å². The quantitative estimate of drug-likeness (QED) is 0.662. The van der Waals surface area contributed by atoms with Gasteiger partial charge in [0.1, 0.15) is 5.69 Å². The van der Waals surface area contributed by atoms with E-state index in [9.17, 15) is 9.90 Å². The highest BCUT2D eigenvalue weighted by molar-refractivity contribution is 6.04. The Kier molecular flexibility index (Phi) is 5.57. The van der Waals surface area contributed by atoms with E-state index >= 15 is 0 Å². The van der Waals surface area contributed by atoms with Gasteiger partial charge >= 0.3 is 0 Å². The summed E-state index contributed by atoms with van der Waals surface area (Å²) in [6.07, 6.45) is 1.56. The normalized spacial score (nSPS) is 12.4. The summed E-state index contributed by atoms with van der Waals surface area (Å²) >= 11 is 0. The van der Waals surface area contributed by atoms with Gasteiger partial charge in [-0.2, -0.15) is 0 Å². The lowest BCUT2D eigenvalue weighted by atomic mass is 10.0. The molecule has 0 aliphatic heterocycles. The zero-order chi connectivity index (χ0) is 15.4. The summed E-state index contributed by atoms with van der Waals surface area (Å²) in [6, 6.07) is 0. The molecule has 1 rings (SSSR count). The van der Waals surface area contributed by atoms with Crippen LogP contribution in [0.25, 0.3) is 0 Å². The molecule has 1 N–H and O–H groups in total. The third-order valence-corrected chi connectivity index (χ3v) is 2.94. The number of rotatable bonds is 5. The number of hydrogen-bond acceptors (Lipinski definition) is 4. The van der Waals surface area contributed by atoms with Crippen LogP contribution >= 0.6 is 0 Å². The predicted molar refractivity (Wildman–Crippen MR) is 79.7 cm³/mol. The fourth-order valence-corrected chi connectivity index (χ4v) is 2.06. The summed E-state index contributed by atoms with van der Waals surface area (Å²) in [7, 11) is 0. The summed E-state index contributed by atoms with van der Waals surface area (Å²) in [5.74, 6) is 0.237. The summed E-state index contributed by atoms with van der Waals surface area (Å²) < 4.78 is 0. The lowest BCUT2D eigenvalue weighted by molar-refractivity contribution is 0.103. The van der Waals surface area contributed by atoms with Crippen molar-refractivity contribution in [1.82, 2.24) is 9.97 Å². The second kappa shape index (κ2) is 6.75. The molecule has 110 valence electrons. The van der Waals surface area contributed by atoms with Gasteiger partial charge in [0.25, 0.3) is 0 Å². The summed E-state index contributed by atoms with van der Waals surface area (Å²) in [5.41, 5.74) is 3.05. The second-order valence-electron chi connectivity index (χ2n) is 5.86. The second-order valence-corrected chi connectivity index (χ2v) is 5.86. The summed E-state index contributed by atoms with van der Waals surface area (Å²) in [6.45, 7) is 11.4. The molecule has 1 atom stereocenters. The highest BCUT2D eigenvalue weighted by Crippen LogP contribution is 2.22. The van der Waals surface area contributed by atoms with Crippen molar-refractivity contribution in [2.24, 2.45) is 5.92 Å². The third-order valence-electron chi connectivity index (χ3n) is 2.94. The Morgan fingerprint density at radius 3 is 2.30 bits per heavy atom. The molecule has 1 heterocycles. The van der Waals surface area contributed by atoms with E-state index in [1.54, 1.807) is 19.9 Å². The molecule has 0 saturated carbocycles. The molecule has 1 aromatic heterocycles. The van der Waals surface area contributed by atoms with Crippen molar-refractivity contribution in [3.63, 3.8) is 0 Å². The number of aromatic nitrogens is 2. The molecule has 0 fully saturated rings. The Morgan fingerprint density at radius 2 is 1.80 bits per heavy atom. The van der Waals surface area contributed by atoms with Crippen LogP contribution in [0, 0.1) is 19.8 Å². The number of ketones is 1. The molecular formula is C16H24N2O2. The standard InChI is InChI=1S/C16H24N2O2/c1-9(2)7-13(19)15-11(5)18-16(12(6)17-15)14(20)8-10(3)4/h7,10,14,20H,8H2,1-6H3. The summed E-state index contributed by atoms with van der Waals surface area (Å²) in [5, 5.41) is 10.2. The number of aryl methyl sites for hydroxylation is 2. The van der Waals surface area contributed by atoms with Crippen LogP contribution in [0.3, 0.4) is 0 Å². The van der Waals surface area contributed by atoms with Crippen molar-refractivity contribution in [2.75, 3.05) is 0 Å². The largest absolute Gasteiger partial charge is 0.387 e. The van der Waals surface area contributed by atoms with Gasteiger partial charge in [-0.05, 0) is 46.1 Å². The fourth-order valence-electron chi connectivity index (χ4n) is 2.06. The maximum absolute atomic E-state index is 12.0. The minimum atomic E-state index is -0.631. The molecule has 0 aliphatic rings. The molecule has 0 spiro atoms. The zero-order valence-corrected chi connectivity index (χ0v) is 13.2. The van der Waals surface area contributed by atoms with Crippen LogP contribution in [0.5, 0.6) is 0 Å². The zero-order valence-electron chi connectivity index (χ0n) is 13.2. The number of aliphatic hydroxyl groups excluding tert-OH is 1. The van der Waals surface area contributed by atoms with Crippen LogP contribution in [-0.2, 0) is 0 Å². The first-order chi connectivity index (χ1) is 9.22. The van der Waals surface area contributed by atoms with Crippen molar-refractivity contribution in [3.8, 4) is 0 Å². The molecule has 4 heteroatoms.